The second-order valence-electron chi connectivity index (χ2n) is 6.05. The number of rotatable bonds is 4. The molecule has 2 N–H and O–H groups in total. The third-order valence-corrected chi connectivity index (χ3v) is 8.30. The first-order chi connectivity index (χ1) is 7.15. The highest BCUT2D eigenvalue weighted by atomic mass is 28.4. The van der Waals surface area contributed by atoms with Gasteiger partial charge >= 0.3 is 0 Å². The maximum atomic E-state index is 11.0. The summed E-state index contributed by atoms with van der Waals surface area (Å²) in [5.74, 6) is -0.178. The zero-order chi connectivity index (χ0) is 12.6. The van der Waals surface area contributed by atoms with Crippen LogP contribution in [0.5, 0.6) is 0 Å². The SMILES string of the molecule is CC(C)(C)[Si](C)(C)OC[C@@H]1C=C[C@@H]1C(N)=O. The number of hydrogen-bond acceptors (Lipinski definition) is 2. The van der Waals surface area contributed by atoms with Crippen molar-refractivity contribution in [3.05, 3.63) is 12.2 Å². The number of nitrogens with two attached hydrogens (primary N) is 1. The van der Waals surface area contributed by atoms with E-state index in [1.807, 2.05) is 12.2 Å². The van der Waals surface area contributed by atoms with E-state index in [0.29, 0.717) is 6.61 Å². The van der Waals surface area contributed by atoms with Crippen LogP contribution in [0.3, 0.4) is 0 Å². The Morgan fingerprint density at radius 2 is 1.94 bits per heavy atom. The van der Waals surface area contributed by atoms with Gasteiger partial charge in [-0.15, -0.1) is 0 Å². The third-order valence-electron chi connectivity index (χ3n) is 3.80. The second-order valence-corrected chi connectivity index (χ2v) is 10.9. The Labute approximate surface area is 99.2 Å². The first-order valence-corrected chi connectivity index (χ1v) is 8.67. The van der Waals surface area contributed by atoms with Crippen LogP contribution in [0.25, 0.3) is 0 Å². The fourth-order valence-corrected chi connectivity index (χ4v) is 2.41. The number of carbonyl (C=O) groups is 1. The van der Waals surface area contributed by atoms with Gasteiger partial charge in [0.1, 0.15) is 0 Å². The van der Waals surface area contributed by atoms with Crippen molar-refractivity contribution in [3.8, 4) is 0 Å². The maximum absolute atomic E-state index is 11.0. The fraction of sp³-hybridized carbons (Fsp3) is 0.750. The lowest BCUT2D eigenvalue weighted by Crippen LogP contribution is -2.44. The summed E-state index contributed by atoms with van der Waals surface area (Å²) in [6, 6.07) is 0. The Morgan fingerprint density at radius 3 is 2.25 bits per heavy atom. The van der Waals surface area contributed by atoms with Gasteiger partial charge in [-0.05, 0) is 18.1 Å². The lowest BCUT2D eigenvalue weighted by molar-refractivity contribution is -0.122. The molecule has 92 valence electrons. The predicted octanol–water partition coefficient (Wildman–Crippen LogP) is 2.30. The summed E-state index contributed by atoms with van der Waals surface area (Å²) in [4.78, 5) is 11.0. The minimum atomic E-state index is -1.70. The molecule has 1 aliphatic carbocycles. The van der Waals surface area contributed by atoms with Gasteiger partial charge < -0.3 is 10.2 Å². The Bertz CT molecular complexity index is 305. The summed E-state index contributed by atoms with van der Waals surface area (Å²) >= 11 is 0. The number of carbonyl (C=O) groups excluding carboxylic acids is 1. The Kier molecular flexibility index (Phi) is 3.64. The third kappa shape index (κ3) is 2.74. The van der Waals surface area contributed by atoms with Crippen molar-refractivity contribution in [2.45, 2.75) is 38.9 Å². The van der Waals surface area contributed by atoms with Crippen LogP contribution in [-0.2, 0) is 9.22 Å². The monoisotopic (exact) mass is 241 g/mol. The first kappa shape index (κ1) is 13.5. The summed E-state index contributed by atoms with van der Waals surface area (Å²) in [6.45, 7) is 11.7. The molecule has 0 unspecified atom stereocenters. The lowest BCUT2D eigenvalue weighted by Gasteiger charge is -2.38. The predicted molar refractivity (Wildman–Crippen MR) is 68.5 cm³/mol. The van der Waals surface area contributed by atoms with E-state index in [-0.39, 0.29) is 22.8 Å². The molecule has 0 aromatic carbocycles. The molecule has 16 heavy (non-hydrogen) atoms. The molecule has 0 saturated heterocycles. The van der Waals surface area contributed by atoms with Gasteiger partial charge in [-0.25, -0.2) is 0 Å². The van der Waals surface area contributed by atoms with Crippen molar-refractivity contribution in [2.24, 2.45) is 17.6 Å². The van der Waals surface area contributed by atoms with Gasteiger partial charge in [-0.1, -0.05) is 32.9 Å². The topological polar surface area (TPSA) is 52.3 Å². The van der Waals surface area contributed by atoms with E-state index in [2.05, 4.69) is 33.9 Å². The van der Waals surface area contributed by atoms with Gasteiger partial charge in [0.05, 0.1) is 5.92 Å². The zero-order valence-corrected chi connectivity index (χ0v) is 11.9. The molecule has 0 bridgehead atoms. The molecule has 1 aliphatic rings. The highest BCUT2D eigenvalue weighted by molar-refractivity contribution is 6.74. The van der Waals surface area contributed by atoms with Gasteiger partial charge in [-0.2, -0.15) is 0 Å². The summed E-state index contributed by atoms with van der Waals surface area (Å²) in [6.07, 6.45) is 3.88. The molecule has 0 heterocycles. The van der Waals surface area contributed by atoms with Gasteiger partial charge in [0.2, 0.25) is 5.91 Å². The van der Waals surface area contributed by atoms with E-state index in [1.165, 1.54) is 0 Å². The molecule has 4 heteroatoms. The minimum Gasteiger partial charge on any atom is -0.416 e. The van der Waals surface area contributed by atoms with Crippen molar-refractivity contribution in [3.63, 3.8) is 0 Å². The summed E-state index contributed by atoms with van der Waals surface area (Å²) in [5.41, 5.74) is 5.28. The molecule has 1 rings (SSSR count). The van der Waals surface area contributed by atoms with Gasteiger partial charge in [-0.3, -0.25) is 4.79 Å². The molecular formula is C12H23NO2Si. The van der Waals surface area contributed by atoms with E-state index >= 15 is 0 Å². The molecular weight excluding hydrogens is 218 g/mol. The highest BCUT2D eigenvalue weighted by Crippen LogP contribution is 2.37. The van der Waals surface area contributed by atoms with Crippen LogP contribution in [0.1, 0.15) is 20.8 Å². The highest BCUT2D eigenvalue weighted by Gasteiger charge is 2.39. The number of primary amides is 1. The average molecular weight is 241 g/mol. The molecule has 0 fully saturated rings. The molecule has 0 aromatic heterocycles. The van der Waals surface area contributed by atoms with Gasteiger partial charge in [0, 0.05) is 12.5 Å². The van der Waals surface area contributed by atoms with Crippen molar-refractivity contribution in [2.75, 3.05) is 6.61 Å². The van der Waals surface area contributed by atoms with Crippen LogP contribution >= 0.6 is 0 Å². The van der Waals surface area contributed by atoms with Crippen LogP contribution in [0, 0.1) is 11.8 Å². The Hall–Kier alpha value is -0.613. The molecule has 1 amide bonds. The molecule has 2 atom stereocenters. The van der Waals surface area contributed by atoms with E-state index in [1.54, 1.807) is 0 Å². The first-order valence-electron chi connectivity index (χ1n) is 5.77. The van der Waals surface area contributed by atoms with Crippen molar-refractivity contribution >= 4 is 14.2 Å². The smallest absolute Gasteiger partial charge is 0.225 e. The molecule has 0 aliphatic heterocycles. The largest absolute Gasteiger partial charge is 0.416 e. The molecule has 0 aromatic rings. The number of amides is 1. The second kappa shape index (κ2) is 4.34. The average Bonchev–Trinajstić information content (AvgIpc) is 1.98. The van der Waals surface area contributed by atoms with Crippen molar-refractivity contribution < 1.29 is 9.22 Å². The van der Waals surface area contributed by atoms with Crippen molar-refractivity contribution in [1.29, 1.82) is 0 Å². The van der Waals surface area contributed by atoms with Gasteiger partial charge in [0.25, 0.3) is 0 Å². The molecule has 3 nitrogen and oxygen atoms in total. The Morgan fingerprint density at radius 1 is 1.38 bits per heavy atom. The van der Waals surface area contributed by atoms with E-state index in [4.69, 9.17) is 10.2 Å². The summed E-state index contributed by atoms with van der Waals surface area (Å²) < 4.78 is 6.06. The van der Waals surface area contributed by atoms with Crippen LogP contribution in [-0.4, -0.2) is 20.8 Å². The summed E-state index contributed by atoms with van der Waals surface area (Å²) in [7, 11) is -1.70. The normalized spacial score (nSPS) is 25.3. The fourth-order valence-electron chi connectivity index (χ4n) is 1.37. The number of hydrogen-bond donors (Lipinski definition) is 1. The zero-order valence-electron chi connectivity index (χ0n) is 10.9. The van der Waals surface area contributed by atoms with Crippen LogP contribution in [0.15, 0.2) is 12.2 Å². The van der Waals surface area contributed by atoms with E-state index < -0.39 is 8.32 Å². The quantitative estimate of drug-likeness (QED) is 0.606. The Balaban J connectivity index is 2.48. The maximum Gasteiger partial charge on any atom is 0.225 e. The van der Waals surface area contributed by atoms with E-state index in [0.717, 1.165) is 0 Å². The minimum absolute atomic E-state index is 0.121. The van der Waals surface area contributed by atoms with Gasteiger partial charge in [0.15, 0.2) is 8.32 Å². The molecule has 0 saturated carbocycles. The lowest BCUT2D eigenvalue weighted by atomic mass is 9.82. The van der Waals surface area contributed by atoms with Crippen molar-refractivity contribution in [1.82, 2.24) is 0 Å². The summed E-state index contributed by atoms with van der Waals surface area (Å²) in [5, 5.41) is 0.211. The van der Waals surface area contributed by atoms with Crippen LogP contribution < -0.4 is 5.73 Å². The van der Waals surface area contributed by atoms with Crippen LogP contribution in [0.2, 0.25) is 18.1 Å². The standard InChI is InChI=1S/C12H23NO2Si/c1-12(2,3)16(4,5)15-8-9-6-7-10(9)11(13)14/h6-7,9-10H,8H2,1-5H3,(H2,13,14)/t9-,10-/m0/s1. The van der Waals surface area contributed by atoms with Crippen LogP contribution in [0.4, 0.5) is 0 Å². The molecule has 0 radical (unpaired) electrons. The van der Waals surface area contributed by atoms with E-state index in [9.17, 15) is 4.79 Å². The molecule has 0 spiro atoms.